The molecular weight excluding hydrogens is 217 g/mol. The molecule has 1 rings (SSSR count). The van der Waals surface area contributed by atoms with Crippen LogP contribution in [0.4, 0.5) is 18.9 Å². The first-order valence-electron chi connectivity index (χ1n) is 3.64. The molecule has 1 heterocycles. The van der Waals surface area contributed by atoms with Gasteiger partial charge in [0.1, 0.15) is 5.69 Å². The molecule has 15 heavy (non-hydrogen) atoms. The monoisotopic (exact) mass is 222 g/mol. The molecule has 0 fully saturated rings. The normalized spacial score (nSPS) is 10.5. The van der Waals surface area contributed by atoms with Crippen LogP contribution in [0.15, 0.2) is 6.07 Å². The Bertz CT molecular complexity index is 397. The molecule has 0 aliphatic rings. The summed E-state index contributed by atoms with van der Waals surface area (Å²) in [6.07, 6.45) is -3.08. The van der Waals surface area contributed by atoms with Gasteiger partial charge in [-0.05, 0) is 0 Å². The Labute approximate surface area is 81.6 Å². The molecule has 0 N–H and O–H groups in total. The predicted molar refractivity (Wildman–Crippen MR) is 42.4 cm³/mol. The van der Waals surface area contributed by atoms with Crippen molar-refractivity contribution in [3.63, 3.8) is 0 Å². The molecule has 0 aliphatic heterocycles. The summed E-state index contributed by atoms with van der Waals surface area (Å²) < 4.78 is 41.6. The van der Waals surface area contributed by atoms with Crippen molar-refractivity contribution in [2.75, 3.05) is 7.11 Å². The molecule has 0 aromatic carbocycles. The Morgan fingerprint density at radius 3 is 2.60 bits per heavy atom. The van der Waals surface area contributed by atoms with Gasteiger partial charge in [-0.3, -0.25) is 10.1 Å². The van der Waals surface area contributed by atoms with Crippen molar-refractivity contribution >= 4 is 5.69 Å². The summed E-state index contributed by atoms with van der Waals surface area (Å²) in [6.45, 7) is 0. The third-order valence-electron chi connectivity index (χ3n) is 1.56. The van der Waals surface area contributed by atoms with E-state index in [1.165, 1.54) is 0 Å². The maximum atomic E-state index is 13.0. The quantitative estimate of drug-likeness (QED) is 0.446. The van der Waals surface area contributed by atoms with Gasteiger partial charge in [0.15, 0.2) is 0 Å². The SMILES string of the molecule is COc1c([N+](=O)[O-])cc(C(F)F)nc1F. The van der Waals surface area contributed by atoms with Crippen molar-refractivity contribution in [2.45, 2.75) is 6.43 Å². The lowest BCUT2D eigenvalue weighted by molar-refractivity contribution is -0.386. The minimum atomic E-state index is -3.08. The van der Waals surface area contributed by atoms with E-state index in [0.29, 0.717) is 6.07 Å². The largest absolute Gasteiger partial charge is 0.487 e. The highest BCUT2D eigenvalue weighted by Gasteiger charge is 2.25. The molecule has 82 valence electrons. The number of aromatic nitrogens is 1. The molecule has 0 unspecified atom stereocenters. The molecule has 1 aromatic heterocycles. The molecule has 0 aliphatic carbocycles. The number of pyridine rings is 1. The topological polar surface area (TPSA) is 65.3 Å². The fourth-order valence-corrected chi connectivity index (χ4v) is 0.944. The molecule has 0 radical (unpaired) electrons. The van der Waals surface area contributed by atoms with Crippen molar-refractivity contribution in [3.8, 4) is 5.75 Å². The summed E-state index contributed by atoms with van der Waals surface area (Å²) in [6, 6.07) is 0.479. The molecule has 0 atom stereocenters. The van der Waals surface area contributed by atoms with Crippen LogP contribution >= 0.6 is 0 Å². The summed E-state index contributed by atoms with van der Waals surface area (Å²) in [7, 11) is 0.981. The summed E-state index contributed by atoms with van der Waals surface area (Å²) in [4.78, 5) is 12.2. The molecular formula is C7H5F3N2O3. The van der Waals surface area contributed by atoms with Crippen molar-refractivity contribution in [1.82, 2.24) is 4.98 Å². The molecule has 1 aromatic rings. The lowest BCUT2D eigenvalue weighted by atomic mass is 10.3. The summed E-state index contributed by atoms with van der Waals surface area (Å²) in [5.41, 5.74) is -1.87. The van der Waals surface area contributed by atoms with Crippen LogP contribution in [0.1, 0.15) is 12.1 Å². The van der Waals surface area contributed by atoms with E-state index in [1.54, 1.807) is 0 Å². The van der Waals surface area contributed by atoms with Crippen molar-refractivity contribution in [1.29, 1.82) is 0 Å². The lowest BCUT2D eigenvalue weighted by Crippen LogP contribution is -2.02. The van der Waals surface area contributed by atoms with E-state index in [-0.39, 0.29) is 0 Å². The number of hydrogen-bond donors (Lipinski definition) is 0. The zero-order valence-corrected chi connectivity index (χ0v) is 7.41. The minimum absolute atomic E-state index is 0.479. The first kappa shape index (κ1) is 11.2. The van der Waals surface area contributed by atoms with Crippen LogP contribution in [0.25, 0.3) is 0 Å². The Morgan fingerprint density at radius 1 is 1.60 bits per heavy atom. The Kier molecular flexibility index (Phi) is 3.08. The maximum Gasteiger partial charge on any atom is 0.317 e. The number of methoxy groups -OCH3 is 1. The number of halogens is 3. The fourth-order valence-electron chi connectivity index (χ4n) is 0.944. The number of nitro groups is 1. The second kappa shape index (κ2) is 4.11. The minimum Gasteiger partial charge on any atom is -0.487 e. The molecule has 0 bridgehead atoms. The van der Waals surface area contributed by atoms with Gasteiger partial charge in [0.2, 0.25) is 0 Å². The van der Waals surface area contributed by atoms with Crippen LogP contribution in [0.2, 0.25) is 0 Å². The molecule has 5 nitrogen and oxygen atoms in total. The van der Waals surface area contributed by atoms with E-state index in [4.69, 9.17) is 0 Å². The summed E-state index contributed by atoms with van der Waals surface area (Å²) >= 11 is 0. The van der Waals surface area contributed by atoms with E-state index in [0.717, 1.165) is 7.11 Å². The molecule has 0 spiro atoms. The van der Waals surface area contributed by atoms with Crippen LogP contribution in [0.5, 0.6) is 5.75 Å². The van der Waals surface area contributed by atoms with Crippen LogP contribution in [-0.2, 0) is 0 Å². The van der Waals surface area contributed by atoms with Gasteiger partial charge < -0.3 is 4.74 Å². The second-order valence-electron chi connectivity index (χ2n) is 2.45. The van der Waals surface area contributed by atoms with Crippen LogP contribution in [0.3, 0.4) is 0 Å². The Hall–Kier alpha value is -1.86. The first-order chi connectivity index (χ1) is 6.97. The number of alkyl halides is 2. The third kappa shape index (κ3) is 2.14. The Morgan fingerprint density at radius 2 is 2.20 bits per heavy atom. The lowest BCUT2D eigenvalue weighted by Gasteiger charge is -2.04. The van der Waals surface area contributed by atoms with Gasteiger partial charge >= 0.3 is 5.69 Å². The van der Waals surface area contributed by atoms with E-state index in [1.807, 2.05) is 0 Å². The number of hydrogen-bond acceptors (Lipinski definition) is 4. The van der Waals surface area contributed by atoms with Crippen molar-refractivity contribution in [2.24, 2.45) is 0 Å². The van der Waals surface area contributed by atoms with Crippen LogP contribution < -0.4 is 4.74 Å². The smallest absolute Gasteiger partial charge is 0.317 e. The average Bonchev–Trinajstić information content (AvgIpc) is 2.16. The van der Waals surface area contributed by atoms with E-state index in [2.05, 4.69) is 9.72 Å². The van der Waals surface area contributed by atoms with Gasteiger partial charge in [-0.15, -0.1) is 0 Å². The summed E-state index contributed by atoms with van der Waals surface area (Å²) in [5, 5.41) is 10.4. The Balaban J connectivity index is 3.38. The van der Waals surface area contributed by atoms with Gasteiger partial charge in [0.25, 0.3) is 18.1 Å². The van der Waals surface area contributed by atoms with Gasteiger partial charge in [-0.25, -0.2) is 13.8 Å². The third-order valence-corrected chi connectivity index (χ3v) is 1.56. The van der Waals surface area contributed by atoms with Gasteiger partial charge in [-0.2, -0.15) is 4.39 Å². The molecule has 0 saturated carbocycles. The standard InChI is InChI=1S/C7H5F3N2O3/c1-15-5-4(12(13)14)2-3(6(8)9)11-7(5)10/h2,6H,1H3. The maximum absolute atomic E-state index is 13.0. The molecule has 0 saturated heterocycles. The van der Waals surface area contributed by atoms with E-state index >= 15 is 0 Å². The first-order valence-corrected chi connectivity index (χ1v) is 3.64. The number of nitrogens with zero attached hydrogens (tertiary/aromatic N) is 2. The highest BCUT2D eigenvalue weighted by Crippen LogP contribution is 2.32. The van der Waals surface area contributed by atoms with Crippen LogP contribution in [0, 0.1) is 16.1 Å². The molecule has 0 amide bonds. The zero-order chi connectivity index (χ0) is 11.6. The predicted octanol–water partition coefficient (Wildman–Crippen LogP) is 2.08. The highest BCUT2D eigenvalue weighted by atomic mass is 19.3. The van der Waals surface area contributed by atoms with Gasteiger partial charge in [0, 0.05) is 6.07 Å². The van der Waals surface area contributed by atoms with Crippen molar-refractivity contribution < 1.29 is 22.8 Å². The highest BCUT2D eigenvalue weighted by molar-refractivity contribution is 5.46. The van der Waals surface area contributed by atoms with E-state index < -0.39 is 34.4 Å². The van der Waals surface area contributed by atoms with E-state index in [9.17, 15) is 23.3 Å². The number of rotatable bonds is 3. The number of ether oxygens (including phenoxy) is 1. The zero-order valence-electron chi connectivity index (χ0n) is 7.41. The van der Waals surface area contributed by atoms with Gasteiger partial charge in [-0.1, -0.05) is 0 Å². The van der Waals surface area contributed by atoms with Crippen molar-refractivity contribution in [3.05, 3.63) is 27.8 Å². The van der Waals surface area contributed by atoms with Gasteiger partial charge in [0.05, 0.1) is 12.0 Å². The fraction of sp³-hybridized carbons (Fsp3) is 0.286. The molecule has 8 heteroatoms. The summed E-state index contributed by atoms with van der Waals surface area (Å²) in [5.74, 6) is -2.19. The average molecular weight is 222 g/mol. The van der Waals surface area contributed by atoms with Crippen LogP contribution in [-0.4, -0.2) is 17.0 Å². The second-order valence-corrected chi connectivity index (χ2v) is 2.45.